The van der Waals surface area contributed by atoms with Gasteiger partial charge in [-0.15, -0.1) is 0 Å². The summed E-state index contributed by atoms with van der Waals surface area (Å²) in [5.74, 6) is 2.12. The molecule has 0 spiro atoms. The zero-order valence-corrected chi connectivity index (χ0v) is 11.2. The van der Waals surface area contributed by atoms with Gasteiger partial charge in [-0.05, 0) is 0 Å². The first kappa shape index (κ1) is 14.7. The fourth-order valence-electron chi connectivity index (χ4n) is 1.15. The van der Waals surface area contributed by atoms with Crippen LogP contribution in [-0.2, 0) is 9.59 Å². The van der Waals surface area contributed by atoms with E-state index < -0.39 is 0 Å². The second-order valence-electron chi connectivity index (χ2n) is 4.59. The normalized spacial score (nSPS) is 13.3. The van der Waals surface area contributed by atoms with Crippen LogP contribution in [0.1, 0.15) is 34.6 Å². The Morgan fingerprint density at radius 3 is 1.93 bits per heavy atom. The minimum Gasteiger partial charge on any atom is -0.299 e. The molecule has 0 saturated heterocycles. The van der Waals surface area contributed by atoms with Gasteiger partial charge in [-0.25, -0.2) is 0 Å². The molecule has 0 radical (unpaired) electrons. The molecule has 1 unspecified atom stereocenters. The van der Waals surface area contributed by atoms with Gasteiger partial charge >= 0.3 is 0 Å². The molecule has 0 aromatic carbocycles. The molecule has 0 N–H and O–H groups in total. The van der Waals surface area contributed by atoms with Crippen molar-refractivity contribution in [1.29, 1.82) is 0 Å². The monoisotopic (exact) mass is 230 g/mol. The molecule has 0 aliphatic rings. The summed E-state index contributed by atoms with van der Waals surface area (Å²) in [5, 5.41) is 0. The molecule has 3 heteroatoms. The summed E-state index contributed by atoms with van der Waals surface area (Å²) in [6, 6.07) is 0. The lowest BCUT2D eigenvalue weighted by molar-refractivity contribution is -0.124. The number of Topliss-reactive ketones (excluding diaryl/α,β-unsaturated/α-hetero) is 2. The van der Waals surface area contributed by atoms with Crippen LogP contribution in [0.15, 0.2) is 0 Å². The van der Waals surface area contributed by atoms with Gasteiger partial charge in [0.05, 0.1) is 5.75 Å². The van der Waals surface area contributed by atoms with Gasteiger partial charge in [0.15, 0.2) is 0 Å². The maximum absolute atomic E-state index is 11.6. The van der Waals surface area contributed by atoms with Gasteiger partial charge in [0, 0.05) is 23.5 Å². The lowest BCUT2D eigenvalue weighted by atomic mass is 9.99. The highest BCUT2D eigenvalue weighted by Crippen LogP contribution is 2.14. The summed E-state index contributed by atoms with van der Waals surface area (Å²) in [7, 11) is 0. The van der Waals surface area contributed by atoms with Crippen molar-refractivity contribution in [1.82, 2.24) is 0 Å². The predicted octanol–water partition coefficient (Wildman–Crippen LogP) is 2.81. The molecule has 2 nitrogen and oxygen atoms in total. The first-order valence-corrected chi connectivity index (χ1v) is 6.65. The molecule has 0 rings (SSSR count). The fraction of sp³-hybridized carbons (Fsp3) is 0.833. The summed E-state index contributed by atoms with van der Waals surface area (Å²) in [6.45, 7) is 9.60. The lowest BCUT2D eigenvalue weighted by Gasteiger charge is -2.12. The Hall–Kier alpha value is -0.310. The lowest BCUT2D eigenvalue weighted by Crippen LogP contribution is -2.20. The average Bonchev–Trinajstić information content (AvgIpc) is 2.15. The molecule has 0 aliphatic carbocycles. The Bertz CT molecular complexity index is 222. The van der Waals surface area contributed by atoms with Crippen molar-refractivity contribution in [3.05, 3.63) is 0 Å². The highest BCUT2D eigenvalue weighted by atomic mass is 32.2. The molecule has 15 heavy (non-hydrogen) atoms. The number of hydrogen-bond acceptors (Lipinski definition) is 3. The third-order valence-electron chi connectivity index (χ3n) is 2.31. The SMILES string of the molecule is CC(C)C(=O)CSCC(C)C(=O)C(C)C. The standard InChI is InChI=1S/C12H22O2S/c1-8(2)11(13)7-15-6-10(5)12(14)9(3)4/h8-10H,6-7H2,1-5H3. The number of thioether (sulfide) groups is 1. The summed E-state index contributed by atoms with van der Waals surface area (Å²) >= 11 is 1.57. The molecule has 0 aliphatic heterocycles. The van der Waals surface area contributed by atoms with Crippen LogP contribution in [0, 0.1) is 17.8 Å². The van der Waals surface area contributed by atoms with Crippen LogP contribution in [-0.4, -0.2) is 23.1 Å². The maximum atomic E-state index is 11.6. The molecule has 0 fully saturated rings. The van der Waals surface area contributed by atoms with Gasteiger partial charge in [-0.2, -0.15) is 11.8 Å². The smallest absolute Gasteiger partial charge is 0.145 e. The van der Waals surface area contributed by atoms with Crippen molar-refractivity contribution < 1.29 is 9.59 Å². The van der Waals surface area contributed by atoms with Crippen LogP contribution in [0.3, 0.4) is 0 Å². The molecule has 0 aromatic heterocycles. The molecule has 0 amide bonds. The maximum Gasteiger partial charge on any atom is 0.145 e. The van der Waals surface area contributed by atoms with E-state index in [4.69, 9.17) is 0 Å². The van der Waals surface area contributed by atoms with E-state index in [9.17, 15) is 9.59 Å². The Balaban J connectivity index is 3.78. The van der Waals surface area contributed by atoms with Crippen molar-refractivity contribution in [2.24, 2.45) is 17.8 Å². The molecule has 1 atom stereocenters. The quantitative estimate of drug-likeness (QED) is 0.674. The minimum atomic E-state index is 0.0648. The molecular formula is C12H22O2S. The van der Waals surface area contributed by atoms with Crippen molar-refractivity contribution in [3.8, 4) is 0 Å². The van der Waals surface area contributed by atoms with Crippen LogP contribution in [0.5, 0.6) is 0 Å². The van der Waals surface area contributed by atoms with Gasteiger partial charge in [0.1, 0.15) is 11.6 Å². The molecule has 0 bridgehead atoms. The van der Waals surface area contributed by atoms with Gasteiger partial charge in [0.25, 0.3) is 0 Å². The van der Waals surface area contributed by atoms with E-state index in [0.717, 1.165) is 5.75 Å². The first-order valence-electron chi connectivity index (χ1n) is 5.50. The molecule has 0 heterocycles. The Morgan fingerprint density at radius 1 is 1.00 bits per heavy atom. The van der Waals surface area contributed by atoms with Crippen LogP contribution in [0.2, 0.25) is 0 Å². The Labute approximate surface area is 97.2 Å². The summed E-state index contributed by atoms with van der Waals surface area (Å²) < 4.78 is 0. The van der Waals surface area contributed by atoms with Crippen LogP contribution < -0.4 is 0 Å². The zero-order valence-electron chi connectivity index (χ0n) is 10.4. The second-order valence-corrected chi connectivity index (χ2v) is 5.62. The van der Waals surface area contributed by atoms with E-state index in [2.05, 4.69) is 0 Å². The molecule has 88 valence electrons. The largest absolute Gasteiger partial charge is 0.299 e. The fourth-order valence-corrected chi connectivity index (χ4v) is 2.32. The highest BCUT2D eigenvalue weighted by molar-refractivity contribution is 7.99. The number of carbonyl (C=O) groups excluding carboxylic acids is 2. The molecule has 0 saturated carbocycles. The predicted molar refractivity (Wildman–Crippen MR) is 66.2 cm³/mol. The number of carbonyl (C=O) groups is 2. The van der Waals surface area contributed by atoms with E-state index in [-0.39, 0.29) is 23.5 Å². The molecular weight excluding hydrogens is 208 g/mol. The summed E-state index contributed by atoms with van der Waals surface area (Å²) in [4.78, 5) is 22.9. The second kappa shape index (κ2) is 7.04. The van der Waals surface area contributed by atoms with E-state index in [1.807, 2.05) is 34.6 Å². The van der Waals surface area contributed by atoms with Crippen molar-refractivity contribution in [2.45, 2.75) is 34.6 Å². The Morgan fingerprint density at radius 2 is 1.53 bits per heavy atom. The van der Waals surface area contributed by atoms with E-state index >= 15 is 0 Å². The van der Waals surface area contributed by atoms with Gasteiger partial charge < -0.3 is 0 Å². The third kappa shape index (κ3) is 5.98. The van der Waals surface area contributed by atoms with Crippen LogP contribution >= 0.6 is 11.8 Å². The minimum absolute atomic E-state index is 0.0648. The van der Waals surface area contributed by atoms with E-state index in [0.29, 0.717) is 11.5 Å². The van der Waals surface area contributed by atoms with Crippen molar-refractivity contribution in [3.63, 3.8) is 0 Å². The van der Waals surface area contributed by atoms with Gasteiger partial charge in [-0.3, -0.25) is 9.59 Å². The van der Waals surface area contributed by atoms with Crippen LogP contribution in [0.4, 0.5) is 0 Å². The summed E-state index contributed by atoms with van der Waals surface area (Å²) in [5.41, 5.74) is 0. The van der Waals surface area contributed by atoms with E-state index in [1.165, 1.54) is 0 Å². The first-order chi connectivity index (χ1) is 6.86. The van der Waals surface area contributed by atoms with Gasteiger partial charge in [0.2, 0.25) is 0 Å². The zero-order chi connectivity index (χ0) is 12.0. The number of rotatable bonds is 7. The molecule has 0 aromatic rings. The third-order valence-corrected chi connectivity index (χ3v) is 3.54. The van der Waals surface area contributed by atoms with Gasteiger partial charge in [-0.1, -0.05) is 34.6 Å². The van der Waals surface area contributed by atoms with E-state index in [1.54, 1.807) is 11.8 Å². The average molecular weight is 230 g/mol. The van der Waals surface area contributed by atoms with Crippen molar-refractivity contribution in [2.75, 3.05) is 11.5 Å². The van der Waals surface area contributed by atoms with Crippen molar-refractivity contribution >= 4 is 23.3 Å². The number of ketones is 2. The number of hydrogen-bond donors (Lipinski definition) is 0. The summed E-state index contributed by atoms with van der Waals surface area (Å²) in [6.07, 6.45) is 0. The van der Waals surface area contributed by atoms with Crippen LogP contribution in [0.25, 0.3) is 0 Å². The highest BCUT2D eigenvalue weighted by Gasteiger charge is 2.17. The Kier molecular flexibility index (Phi) is 6.90. The topological polar surface area (TPSA) is 34.1 Å².